The molecule has 2 saturated heterocycles. The Kier molecular flexibility index (Phi) is 3.76. The average Bonchev–Trinajstić information content (AvgIpc) is 2.78. The number of carbonyl (C=O) groups is 1. The first-order valence-electron chi connectivity index (χ1n) is 7.00. The topological polar surface area (TPSA) is 32.3 Å². The van der Waals surface area contributed by atoms with Gasteiger partial charge in [0.05, 0.1) is 6.04 Å². The van der Waals surface area contributed by atoms with Gasteiger partial charge in [0, 0.05) is 13.1 Å². The molecule has 0 aromatic heterocycles. The maximum atomic E-state index is 12.3. The van der Waals surface area contributed by atoms with Crippen LogP contribution in [0.1, 0.15) is 46.5 Å². The zero-order chi connectivity index (χ0) is 12.5. The second-order valence-electron chi connectivity index (χ2n) is 6.64. The van der Waals surface area contributed by atoms with Gasteiger partial charge in [-0.15, -0.1) is 0 Å². The maximum Gasteiger partial charge on any atom is 0.239 e. The summed E-state index contributed by atoms with van der Waals surface area (Å²) in [7, 11) is 0. The highest BCUT2D eigenvalue weighted by Crippen LogP contribution is 2.33. The molecule has 0 saturated carbocycles. The minimum Gasteiger partial charge on any atom is -0.341 e. The minimum atomic E-state index is 0.0995. The fourth-order valence-corrected chi connectivity index (χ4v) is 2.95. The summed E-state index contributed by atoms with van der Waals surface area (Å²) in [5.41, 5.74) is 0.328. The third-order valence-corrected chi connectivity index (χ3v) is 4.33. The molecular formula is C14H26N2O. The second-order valence-corrected chi connectivity index (χ2v) is 6.64. The number of piperidine rings is 1. The molecule has 2 aliphatic heterocycles. The van der Waals surface area contributed by atoms with Gasteiger partial charge in [-0.2, -0.15) is 0 Å². The highest BCUT2D eigenvalue weighted by molar-refractivity contribution is 5.82. The summed E-state index contributed by atoms with van der Waals surface area (Å²) in [6, 6.07) is 0.0995. The average molecular weight is 238 g/mol. The zero-order valence-electron chi connectivity index (χ0n) is 11.5. The molecule has 0 aliphatic carbocycles. The van der Waals surface area contributed by atoms with Crippen molar-refractivity contribution in [3.63, 3.8) is 0 Å². The summed E-state index contributed by atoms with van der Waals surface area (Å²) in [6.07, 6.45) is 4.60. The predicted molar refractivity (Wildman–Crippen MR) is 69.8 cm³/mol. The Bertz CT molecular complexity index is 276. The van der Waals surface area contributed by atoms with Gasteiger partial charge in [0.2, 0.25) is 5.91 Å². The van der Waals surface area contributed by atoms with Crippen LogP contribution in [-0.4, -0.2) is 36.5 Å². The van der Waals surface area contributed by atoms with Crippen molar-refractivity contribution in [1.29, 1.82) is 0 Å². The van der Waals surface area contributed by atoms with Crippen LogP contribution in [0.3, 0.4) is 0 Å². The lowest BCUT2D eigenvalue weighted by atomic mass is 9.80. The van der Waals surface area contributed by atoms with Crippen LogP contribution in [0.2, 0.25) is 0 Å². The van der Waals surface area contributed by atoms with E-state index in [0.717, 1.165) is 26.1 Å². The van der Waals surface area contributed by atoms with Gasteiger partial charge < -0.3 is 10.2 Å². The van der Waals surface area contributed by atoms with Gasteiger partial charge in [0.1, 0.15) is 0 Å². The van der Waals surface area contributed by atoms with Crippen molar-refractivity contribution in [2.75, 3.05) is 19.6 Å². The molecule has 98 valence electrons. The SMILES string of the molecule is CC(C)(C)C1CCN(C(=O)[C@@H]2CCCCN2)C1. The summed E-state index contributed by atoms with van der Waals surface area (Å²) in [5, 5.41) is 3.36. The molecule has 0 bridgehead atoms. The van der Waals surface area contributed by atoms with E-state index < -0.39 is 0 Å². The molecule has 0 spiro atoms. The van der Waals surface area contributed by atoms with E-state index in [9.17, 15) is 4.79 Å². The van der Waals surface area contributed by atoms with Crippen molar-refractivity contribution in [3.8, 4) is 0 Å². The van der Waals surface area contributed by atoms with Crippen molar-refractivity contribution < 1.29 is 4.79 Å². The molecule has 0 aromatic carbocycles. The summed E-state index contributed by atoms with van der Waals surface area (Å²) in [6.45, 7) is 9.77. The summed E-state index contributed by atoms with van der Waals surface area (Å²) in [5.74, 6) is 1.01. The third-order valence-electron chi connectivity index (χ3n) is 4.33. The van der Waals surface area contributed by atoms with Crippen LogP contribution in [0.25, 0.3) is 0 Å². The third kappa shape index (κ3) is 3.01. The van der Waals surface area contributed by atoms with Gasteiger partial charge >= 0.3 is 0 Å². The number of hydrogen-bond donors (Lipinski definition) is 1. The van der Waals surface area contributed by atoms with Gasteiger partial charge in [0.15, 0.2) is 0 Å². The van der Waals surface area contributed by atoms with E-state index >= 15 is 0 Å². The molecule has 0 aromatic rings. The van der Waals surface area contributed by atoms with E-state index in [-0.39, 0.29) is 6.04 Å². The Hall–Kier alpha value is -0.570. The molecule has 2 fully saturated rings. The van der Waals surface area contributed by atoms with Crippen molar-refractivity contribution in [3.05, 3.63) is 0 Å². The maximum absolute atomic E-state index is 12.3. The van der Waals surface area contributed by atoms with E-state index in [2.05, 4.69) is 31.0 Å². The number of carbonyl (C=O) groups excluding carboxylic acids is 1. The first-order chi connectivity index (χ1) is 7.98. The fourth-order valence-electron chi connectivity index (χ4n) is 2.95. The predicted octanol–water partition coefficient (Wildman–Crippen LogP) is 2.02. The van der Waals surface area contributed by atoms with Gasteiger partial charge in [-0.1, -0.05) is 27.2 Å². The second kappa shape index (κ2) is 4.97. The molecule has 1 amide bonds. The molecule has 17 heavy (non-hydrogen) atoms. The molecule has 0 radical (unpaired) electrons. The smallest absolute Gasteiger partial charge is 0.239 e. The Balaban J connectivity index is 1.89. The van der Waals surface area contributed by atoms with Gasteiger partial charge in [0.25, 0.3) is 0 Å². The monoisotopic (exact) mass is 238 g/mol. The van der Waals surface area contributed by atoms with E-state index in [0.29, 0.717) is 17.2 Å². The van der Waals surface area contributed by atoms with Crippen LogP contribution in [0.15, 0.2) is 0 Å². The lowest BCUT2D eigenvalue weighted by Gasteiger charge is -2.29. The Morgan fingerprint density at radius 1 is 1.24 bits per heavy atom. The van der Waals surface area contributed by atoms with Crippen molar-refractivity contribution >= 4 is 5.91 Å². The molecular weight excluding hydrogens is 212 g/mol. The fraction of sp³-hybridized carbons (Fsp3) is 0.929. The normalized spacial score (nSPS) is 30.6. The Morgan fingerprint density at radius 2 is 2.00 bits per heavy atom. The standard InChI is InChI=1S/C14H26N2O/c1-14(2,3)11-7-9-16(10-11)13(17)12-6-4-5-8-15-12/h11-12,15H,4-10H2,1-3H3/t11?,12-/m0/s1. The van der Waals surface area contributed by atoms with Crippen LogP contribution < -0.4 is 5.32 Å². The first-order valence-corrected chi connectivity index (χ1v) is 7.00. The van der Waals surface area contributed by atoms with Crippen LogP contribution in [-0.2, 0) is 4.79 Å². The molecule has 2 rings (SSSR count). The molecule has 2 atom stereocenters. The van der Waals surface area contributed by atoms with Crippen molar-refractivity contribution in [2.24, 2.45) is 11.3 Å². The van der Waals surface area contributed by atoms with Gasteiger partial charge in [-0.05, 0) is 37.1 Å². The highest BCUT2D eigenvalue weighted by Gasteiger charge is 2.36. The Labute approximate surface area is 105 Å². The van der Waals surface area contributed by atoms with Crippen LogP contribution in [0.4, 0.5) is 0 Å². The highest BCUT2D eigenvalue weighted by atomic mass is 16.2. The van der Waals surface area contributed by atoms with E-state index in [1.165, 1.54) is 19.3 Å². The first kappa shape index (κ1) is 12.9. The van der Waals surface area contributed by atoms with Crippen LogP contribution in [0.5, 0.6) is 0 Å². The van der Waals surface area contributed by atoms with Crippen molar-refractivity contribution in [1.82, 2.24) is 10.2 Å². The lowest BCUT2D eigenvalue weighted by Crippen LogP contribution is -2.48. The van der Waals surface area contributed by atoms with E-state index in [4.69, 9.17) is 0 Å². The minimum absolute atomic E-state index is 0.0995. The number of amides is 1. The molecule has 3 nitrogen and oxygen atoms in total. The zero-order valence-corrected chi connectivity index (χ0v) is 11.5. The van der Waals surface area contributed by atoms with Gasteiger partial charge in [-0.3, -0.25) is 4.79 Å². The van der Waals surface area contributed by atoms with Crippen LogP contribution >= 0.6 is 0 Å². The van der Waals surface area contributed by atoms with Gasteiger partial charge in [-0.25, -0.2) is 0 Å². The number of nitrogens with one attached hydrogen (secondary N) is 1. The molecule has 3 heteroatoms. The molecule has 1 unspecified atom stereocenters. The van der Waals surface area contributed by atoms with E-state index in [1.807, 2.05) is 0 Å². The summed E-state index contributed by atoms with van der Waals surface area (Å²) >= 11 is 0. The Morgan fingerprint density at radius 3 is 2.53 bits per heavy atom. The lowest BCUT2D eigenvalue weighted by molar-refractivity contribution is -0.133. The van der Waals surface area contributed by atoms with Crippen molar-refractivity contribution in [2.45, 2.75) is 52.5 Å². The summed E-state index contributed by atoms with van der Waals surface area (Å²) in [4.78, 5) is 14.4. The quantitative estimate of drug-likeness (QED) is 0.758. The van der Waals surface area contributed by atoms with E-state index in [1.54, 1.807) is 0 Å². The number of likely N-dealkylation sites (tertiary alicyclic amines) is 1. The summed E-state index contributed by atoms with van der Waals surface area (Å²) < 4.78 is 0. The molecule has 2 aliphatic rings. The number of hydrogen-bond acceptors (Lipinski definition) is 2. The van der Waals surface area contributed by atoms with Crippen LogP contribution in [0, 0.1) is 11.3 Å². The largest absolute Gasteiger partial charge is 0.341 e. The number of nitrogens with zero attached hydrogens (tertiary/aromatic N) is 1. The number of rotatable bonds is 1. The molecule has 1 N–H and O–H groups in total. The molecule has 2 heterocycles.